The Morgan fingerprint density at radius 2 is 2.43 bits per heavy atom. The summed E-state index contributed by atoms with van der Waals surface area (Å²) in [6, 6.07) is 3.79. The molecule has 0 aliphatic rings. The van der Waals surface area contributed by atoms with Crippen molar-refractivity contribution in [1.29, 1.82) is 0 Å². The molecule has 1 heterocycles. The van der Waals surface area contributed by atoms with Crippen molar-refractivity contribution in [2.75, 3.05) is 20.8 Å². The summed E-state index contributed by atoms with van der Waals surface area (Å²) in [6.45, 7) is 0.687. The fourth-order valence-corrected chi connectivity index (χ4v) is 1.09. The second-order valence-corrected chi connectivity index (χ2v) is 3.04. The monoisotopic (exact) mass is 194 g/mol. The van der Waals surface area contributed by atoms with Crippen LogP contribution in [0.15, 0.2) is 24.5 Å². The highest BCUT2D eigenvalue weighted by molar-refractivity contribution is 5.77. The van der Waals surface area contributed by atoms with Crippen LogP contribution < -0.4 is 0 Å². The number of ether oxygens (including phenoxy) is 1. The molecule has 14 heavy (non-hydrogen) atoms. The minimum atomic E-state index is -0.0312. The van der Waals surface area contributed by atoms with E-state index in [2.05, 4.69) is 4.98 Å². The molecular weight excluding hydrogens is 180 g/mol. The number of hydrogen-bond acceptors (Lipinski definition) is 3. The van der Waals surface area contributed by atoms with Crippen LogP contribution in [-0.2, 0) is 16.1 Å². The van der Waals surface area contributed by atoms with Gasteiger partial charge in [0.2, 0.25) is 5.91 Å². The largest absolute Gasteiger partial charge is 0.375 e. The van der Waals surface area contributed by atoms with Crippen LogP contribution in [0, 0.1) is 0 Å². The zero-order chi connectivity index (χ0) is 10.4. The number of aromatic nitrogens is 1. The molecular formula is C10H14N2O2. The van der Waals surface area contributed by atoms with E-state index >= 15 is 0 Å². The topological polar surface area (TPSA) is 42.4 Å². The van der Waals surface area contributed by atoms with Gasteiger partial charge in [-0.15, -0.1) is 0 Å². The normalized spacial score (nSPS) is 9.86. The summed E-state index contributed by atoms with van der Waals surface area (Å²) in [4.78, 5) is 16.9. The molecule has 0 N–H and O–H groups in total. The van der Waals surface area contributed by atoms with Gasteiger partial charge >= 0.3 is 0 Å². The summed E-state index contributed by atoms with van der Waals surface area (Å²) < 4.78 is 4.76. The zero-order valence-corrected chi connectivity index (χ0v) is 8.43. The quantitative estimate of drug-likeness (QED) is 0.708. The van der Waals surface area contributed by atoms with Crippen LogP contribution in [0.2, 0.25) is 0 Å². The molecule has 1 aromatic rings. The Morgan fingerprint density at radius 1 is 1.64 bits per heavy atom. The summed E-state index contributed by atoms with van der Waals surface area (Å²) >= 11 is 0. The van der Waals surface area contributed by atoms with Gasteiger partial charge in [0.15, 0.2) is 0 Å². The number of rotatable bonds is 4. The van der Waals surface area contributed by atoms with Crippen molar-refractivity contribution in [3.8, 4) is 0 Å². The predicted octanol–water partition coefficient (Wildman–Crippen LogP) is 0.686. The average Bonchev–Trinajstić information content (AvgIpc) is 2.19. The second-order valence-electron chi connectivity index (χ2n) is 3.04. The lowest BCUT2D eigenvalue weighted by Gasteiger charge is -2.16. The number of carbonyl (C=O) groups is 1. The first-order valence-electron chi connectivity index (χ1n) is 4.36. The van der Waals surface area contributed by atoms with E-state index in [0.717, 1.165) is 5.56 Å². The van der Waals surface area contributed by atoms with Crippen molar-refractivity contribution < 1.29 is 9.53 Å². The summed E-state index contributed by atoms with van der Waals surface area (Å²) in [7, 11) is 3.25. The van der Waals surface area contributed by atoms with E-state index < -0.39 is 0 Å². The van der Waals surface area contributed by atoms with E-state index in [9.17, 15) is 4.79 Å². The number of carbonyl (C=O) groups excluding carboxylic acids is 1. The lowest BCUT2D eigenvalue weighted by Crippen LogP contribution is -2.29. The average molecular weight is 194 g/mol. The Labute approximate surface area is 83.5 Å². The summed E-state index contributed by atoms with van der Waals surface area (Å²) in [6.07, 6.45) is 3.46. The van der Waals surface area contributed by atoms with Crippen molar-refractivity contribution in [3.63, 3.8) is 0 Å². The molecule has 1 amide bonds. The van der Waals surface area contributed by atoms with Crippen molar-refractivity contribution in [2.24, 2.45) is 0 Å². The first kappa shape index (κ1) is 10.7. The Hall–Kier alpha value is -1.42. The first-order chi connectivity index (χ1) is 6.74. The number of nitrogens with zero attached hydrogens (tertiary/aromatic N) is 2. The summed E-state index contributed by atoms with van der Waals surface area (Å²) in [5.74, 6) is -0.0312. The van der Waals surface area contributed by atoms with E-state index in [1.54, 1.807) is 24.3 Å². The van der Waals surface area contributed by atoms with Gasteiger partial charge in [0.25, 0.3) is 0 Å². The van der Waals surface area contributed by atoms with Gasteiger partial charge < -0.3 is 9.64 Å². The fraction of sp³-hybridized carbons (Fsp3) is 0.400. The van der Waals surface area contributed by atoms with E-state index in [1.165, 1.54) is 7.11 Å². The standard InChI is InChI=1S/C10H14N2O2/c1-12(10(13)8-14-2)7-9-4-3-5-11-6-9/h3-6H,7-8H2,1-2H3. The number of pyridine rings is 1. The lowest BCUT2D eigenvalue weighted by atomic mass is 10.3. The van der Waals surface area contributed by atoms with Gasteiger partial charge in [-0.3, -0.25) is 9.78 Å². The van der Waals surface area contributed by atoms with Gasteiger partial charge in [0.05, 0.1) is 0 Å². The molecule has 1 aromatic heterocycles. The number of hydrogen-bond donors (Lipinski definition) is 0. The number of likely N-dealkylation sites (N-methyl/N-ethyl adjacent to an activating group) is 1. The molecule has 0 aliphatic heterocycles. The van der Waals surface area contributed by atoms with Gasteiger partial charge in [-0.25, -0.2) is 0 Å². The van der Waals surface area contributed by atoms with Crippen molar-refractivity contribution in [1.82, 2.24) is 9.88 Å². The van der Waals surface area contributed by atoms with Crippen LogP contribution in [0.4, 0.5) is 0 Å². The molecule has 0 saturated heterocycles. The van der Waals surface area contributed by atoms with Crippen molar-refractivity contribution in [3.05, 3.63) is 30.1 Å². The molecule has 76 valence electrons. The van der Waals surface area contributed by atoms with E-state index in [-0.39, 0.29) is 12.5 Å². The molecule has 0 atom stereocenters. The highest BCUT2D eigenvalue weighted by atomic mass is 16.5. The van der Waals surface area contributed by atoms with E-state index in [4.69, 9.17) is 4.74 Å². The summed E-state index contributed by atoms with van der Waals surface area (Å²) in [5.41, 5.74) is 1.01. The van der Waals surface area contributed by atoms with Crippen molar-refractivity contribution >= 4 is 5.91 Å². The zero-order valence-electron chi connectivity index (χ0n) is 8.43. The lowest BCUT2D eigenvalue weighted by molar-refractivity contribution is -0.134. The maximum Gasteiger partial charge on any atom is 0.248 e. The maximum atomic E-state index is 11.3. The molecule has 0 aromatic carbocycles. The van der Waals surface area contributed by atoms with Gasteiger partial charge in [-0.1, -0.05) is 6.07 Å². The molecule has 0 bridgehead atoms. The third-order valence-electron chi connectivity index (χ3n) is 1.84. The predicted molar refractivity (Wildman–Crippen MR) is 52.6 cm³/mol. The highest BCUT2D eigenvalue weighted by Gasteiger charge is 2.07. The van der Waals surface area contributed by atoms with Crippen LogP contribution in [0.25, 0.3) is 0 Å². The molecule has 1 rings (SSSR count). The van der Waals surface area contributed by atoms with Crippen LogP contribution in [-0.4, -0.2) is 36.6 Å². The molecule has 0 fully saturated rings. The maximum absolute atomic E-state index is 11.3. The Kier molecular flexibility index (Phi) is 4.07. The van der Waals surface area contributed by atoms with Gasteiger partial charge in [0.1, 0.15) is 6.61 Å². The Morgan fingerprint density at radius 3 is 3.00 bits per heavy atom. The molecule has 0 spiro atoms. The Balaban J connectivity index is 2.49. The van der Waals surface area contributed by atoms with Crippen LogP contribution in [0.5, 0.6) is 0 Å². The molecule has 4 nitrogen and oxygen atoms in total. The summed E-state index contributed by atoms with van der Waals surface area (Å²) in [5, 5.41) is 0. The van der Waals surface area contributed by atoms with Gasteiger partial charge in [-0.2, -0.15) is 0 Å². The third-order valence-corrected chi connectivity index (χ3v) is 1.84. The fourth-order valence-electron chi connectivity index (χ4n) is 1.09. The van der Waals surface area contributed by atoms with Gasteiger partial charge in [0, 0.05) is 33.1 Å². The highest BCUT2D eigenvalue weighted by Crippen LogP contribution is 2.00. The van der Waals surface area contributed by atoms with Crippen molar-refractivity contribution in [2.45, 2.75) is 6.54 Å². The third kappa shape index (κ3) is 3.14. The van der Waals surface area contributed by atoms with Crippen LogP contribution in [0.1, 0.15) is 5.56 Å². The first-order valence-corrected chi connectivity index (χ1v) is 4.36. The van der Waals surface area contributed by atoms with Crippen LogP contribution >= 0.6 is 0 Å². The second kappa shape index (κ2) is 5.34. The van der Waals surface area contributed by atoms with E-state index in [0.29, 0.717) is 6.54 Å². The minimum Gasteiger partial charge on any atom is -0.375 e. The van der Waals surface area contributed by atoms with E-state index in [1.807, 2.05) is 12.1 Å². The smallest absolute Gasteiger partial charge is 0.248 e. The van der Waals surface area contributed by atoms with Crippen LogP contribution in [0.3, 0.4) is 0 Å². The molecule has 0 aliphatic carbocycles. The molecule has 0 radical (unpaired) electrons. The number of amides is 1. The SMILES string of the molecule is COCC(=O)N(C)Cc1cccnc1. The minimum absolute atomic E-state index is 0.0312. The van der Waals surface area contributed by atoms with Gasteiger partial charge in [-0.05, 0) is 11.6 Å². The molecule has 0 unspecified atom stereocenters. The molecule has 0 saturated carbocycles. The Bertz CT molecular complexity index is 287. The molecule has 4 heteroatoms. The number of methoxy groups -OCH3 is 1.